The van der Waals surface area contributed by atoms with Gasteiger partial charge in [0.1, 0.15) is 11.9 Å². The van der Waals surface area contributed by atoms with Crippen LogP contribution in [0.25, 0.3) is 0 Å². The summed E-state index contributed by atoms with van der Waals surface area (Å²) in [5, 5.41) is 17.6. The number of hydrogen-bond acceptors (Lipinski definition) is 8. The fourth-order valence-corrected chi connectivity index (χ4v) is 5.30. The SMILES string of the molecule is [2H]C([2H])=CC=CC[C@@H](C)[C@@H](O)[C@H]1C(=O)CCCC(=O)[C@H](C(C)C)NC2C(=O)[C@@H](C)N2C(=O)[C@@H](C)NCCCN1C. The van der Waals surface area contributed by atoms with Gasteiger partial charge in [0.05, 0.1) is 33.0 Å². The second-order valence-electron chi connectivity index (χ2n) is 11.2. The molecule has 2 aliphatic rings. The Balaban J connectivity index is 2.24. The van der Waals surface area contributed by atoms with E-state index in [1.807, 2.05) is 25.7 Å². The van der Waals surface area contributed by atoms with Crippen molar-refractivity contribution < 1.29 is 27.0 Å². The van der Waals surface area contributed by atoms with Gasteiger partial charge in [0.15, 0.2) is 11.6 Å². The van der Waals surface area contributed by atoms with Crippen LogP contribution < -0.4 is 10.6 Å². The number of carbonyl (C=O) groups excluding carboxylic acids is 4. The van der Waals surface area contributed by atoms with E-state index in [4.69, 9.17) is 2.74 Å². The lowest BCUT2D eigenvalue weighted by atomic mass is 9.88. The lowest BCUT2D eigenvalue weighted by molar-refractivity contribution is -0.162. The highest BCUT2D eigenvalue weighted by atomic mass is 16.3. The number of carbonyl (C=O) groups is 4. The fraction of sp³-hybridized carbons (Fsp3) is 0.724. The van der Waals surface area contributed by atoms with Crippen molar-refractivity contribution in [2.45, 2.75) is 103 Å². The average Bonchev–Trinajstić information content (AvgIpc) is 2.89. The van der Waals surface area contributed by atoms with Crippen LogP contribution in [0.4, 0.5) is 0 Å². The molecule has 2 saturated heterocycles. The quantitative estimate of drug-likeness (QED) is 0.442. The van der Waals surface area contributed by atoms with Gasteiger partial charge in [-0.15, -0.1) is 0 Å². The Morgan fingerprint density at radius 2 is 1.82 bits per heavy atom. The molecular weight excluding hydrogens is 484 g/mol. The number of ketones is 3. The van der Waals surface area contributed by atoms with Gasteiger partial charge in [-0.2, -0.15) is 0 Å². The Morgan fingerprint density at radius 1 is 1.13 bits per heavy atom. The summed E-state index contributed by atoms with van der Waals surface area (Å²) >= 11 is 0. The third kappa shape index (κ3) is 7.91. The average molecular weight is 535 g/mol. The fourth-order valence-electron chi connectivity index (χ4n) is 5.30. The molecule has 0 aliphatic carbocycles. The van der Waals surface area contributed by atoms with Crippen LogP contribution >= 0.6 is 0 Å². The standard InChI is InChI=1S/C29H48N4O5/c1-8-9-10-13-19(4)26(36)25-23(35)15-11-14-22(34)24(18(2)3)31-28-27(37)21(6)33(28)29(38)20(5)30-16-12-17-32(25)7/h8-10,18-21,24-26,28,30-31,36H,1,11-17H2,2-7H3/t19-,20-,21-,24+,25-,26-,28?/m1/s1/i1D2. The number of Topliss-reactive ketones (excluding diaryl/α,β-unsaturated/α-hetero) is 3. The summed E-state index contributed by atoms with van der Waals surface area (Å²) in [6.07, 6.45) is 4.62. The second-order valence-corrected chi connectivity index (χ2v) is 11.2. The number of rotatable bonds is 6. The summed E-state index contributed by atoms with van der Waals surface area (Å²) in [5.41, 5.74) is 0. The summed E-state index contributed by atoms with van der Waals surface area (Å²) in [6, 6.07) is -2.49. The minimum atomic E-state index is -0.954. The van der Waals surface area contributed by atoms with Gasteiger partial charge in [-0.25, -0.2) is 0 Å². The number of nitrogens with one attached hydrogen (secondary N) is 2. The summed E-state index contributed by atoms with van der Waals surface area (Å²) < 4.78 is 14.3. The zero-order valence-corrected chi connectivity index (χ0v) is 23.8. The molecule has 2 heterocycles. The molecule has 2 fully saturated rings. The molecule has 1 amide bonds. The second kappa shape index (κ2) is 14.8. The molecule has 0 saturated carbocycles. The highest BCUT2D eigenvalue weighted by molar-refractivity contribution is 6.03. The summed E-state index contributed by atoms with van der Waals surface area (Å²) in [6.45, 7) is 9.76. The number of nitrogens with zero attached hydrogens (tertiary/aromatic N) is 2. The van der Waals surface area contributed by atoms with Gasteiger partial charge in [-0.3, -0.25) is 29.4 Å². The zero-order valence-electron chi connectivity index (χ0n) is 25.8. The molecule has 7 atom stereocenters. The van der Waals surface area contributed by atoms with Gasteiger partial charge in [0.2, 0.25) is 5.91 Å². The van der Waals surface area contributed by atoms with Crippen LogP contribution in [-0.2, 0) is 19.2 Å². The Morgan fingerprint density at radius 3 is 2.47 bits per heavy atom. The highest BCUT2D eigenvalue weighted by Gasteiger charge is 2.49. The number of amides is 1. The van der Waals surface area contributed by atoms with E-state index in [9.17, 15) is 24.3 Å². The van der Waals surface area contributed by atoms with Gasteiger partial charge in [-0.05, 0) is 65.1 Å². The van der Waals surface area contributed by atoms with Crippen molar-refractivity contribution in [2.24, 2.45) is 11.8 Å². The highest BCUT2D eigenvalue weighted by Crippen LogP contribution is 2.24. The first-order valence-corrected chi connectivity index (χ1v) is 13.9. The molecule has 1 unspecified atom stereocenters. The summed E-state index contributed by atoms with van der Waals surface area (Å²) in [5.74, 6) is -0.954. The summed E-state index contributed by atoms with van der Waals surface area (Å²) in [7, 11) is 1.80. The van der Waals surface area contributed by atoms with Crippen molar-refractivity contribution in [1.29, 1.82) is 0 Å². The van der Waals surface area contributed by atoms with Crippen LogP contribution in [0.2, 0.25) is 0 Å². The van der Waals surface area contributed by atoms with Crippen molar-refractivity contribution in [3.05, 3.63) is 24.8 Å². The van der Waals surface area contributed by atoms with Crippen LogP contribution in [0.3, 0.4) is 0 Å². The lowest BCUT2D eigenvalue weighted by Crippen LogP contribution is -2.74. The van der Waals surface area contributed by atoms with E-state index in [1.54, 1.807) is 33.0 Å². The van der Waals surface area contributed by atoms with E-state index in [1.165, 1.54) is 11.0 Å². The zero-order chi connectivity index (χ0) is 30.1. The first kappa shape index (κ1) is 28.8. The smallest absolute Gasteiger partial charge is 0.241 e. The first-order valence-electron chi connectivity index (χ1n) is 14.9. The van der Waals surface area contributed by atoms with Gasteiger partial charge in [-0.1, -0.05) is 45.5 Å². The van der Waals surface area contributed by atoms with Gasteiger partial charge < -0.3 is 15.3 Å². The maximum absolute atomic E-state index is 13.4. The van der Waals surface area contributed by atoms with Crippen molar-refractivity contribution in [2.75, 3.05) is 20.1 Å². The number of likely N-dealkylation sites (N-methyl/N-ethyl adjacent to an activating group) is 1. The molecule has 0 aromatic rings. The van der Waals surface area contributed by atoms with Crippen LogP contribution in [0, 0.1) is 11.8 Å². The molecule has 214 valence electrons. The topological polar surface area (TPSA) is 119 Å². The predicted octanol–water partition coefficient (Wildman–Crippen LogP) is 1.85. The molecule has 0 spiro atoms. The number of hydrogen-bond donors (Lipinski definition) is 3. The van der Waals surface area contributed by atoms with Crippen LogP contribution in [-0.4, -0.2) is 94.7 Å². The van der Waals surface area contributed by atoms with Gasteiger partial charge >= 0.3 is 0 Å². The molecule has 0 aromatic heterocycles. The normalized spacial score (nSPS) is 31.8. The largest absolute Gasteiger partial charge is 0.391 e. The molecule has 9 heteroatoms. The minimum Gasteiger partial charge on any atom is -0.391 e. The molecule has 38 heavy (non-hydrogen) atoms. The van der Waals surface area contributed by atoms with Crippen molar-refractivity contribution >= 4 is 23.3 Å². The number of aliphatic hydroxyl groups excluding tert-OH is 1. The van der Waals surface area contributed by atoms with Crippen LogP contribution in [0.5, 0.6) is 0 Å². The molecule has 2 rings (SSSR count). The molecular formula is C29H48N4O5. The monoisotopic (exact) mass is 534 g/mol. The van der Waals surface area contributed by atoms with Crippen molar-refractivity contribution in [3.63, 3.8) is 0 Å². The Labute approximate surface area is 230 Å². The maximum Gasteiger partial charge on any atom is 0.241 e. The third-order valence-electron chi connectivity index (χ3n) is 7.79. The lowest BCUT2D eigenvalue weighted by Gasteiger charge is -2.48. The number of fused-ring (bicyclic) bond motifs is 1. The van der Waals surface area contributed by atoms with E-state index in [0.717, 1.165) is 0 Å². The van der Waals surface area contributed by atoms with E-state index in [0.29, 0.717) is 32.4 Å². The van der Waals surface area contributed by atoms with E-state index < -0.39 is 36.4 Å². The Bertz CT molecular complexity index is 968. The molecule has 2 aliphatic heterocycles. The maximum atomic E-state index is 13.4. The van der Waals surface area contributed by atoms with Crippen molar-refractivity contribution in [1.82, 2.24) is 20.4 Å². The Kier molecular flexibility index (Phi) is 11.2. The molecule has 0 radical (unpaired) electrons. The molecule has 9 nitrogen and oxygen atoms in total. The summed E-state index contributed by atoms with van der Waals surface area (Å²) in [4.78, 5) is 55.9. The predicted molar refractivity (Wildman–Crippen MR) is 148 cm³/mol. The molecule has 3 N–H and O–H groups in total. The Hall–Kier alpha value is -2.20. The van der Waals surface area contributed by atoms with Crippen molar-refractivity contribution in [3.8, 4) is 0 Å². The number of aliphatic hydroxyl groups is 1. The molecule has 0 bridgehead atoms. The van der Waals surface area contributed by atoms with Crippen LogP contribution in [0.15, 0.2) is 24.8 Å². The van der Waals surface area contributed by atoms with E-state index >= 15 is 0 Å². The van der Waals surface area contributed by atoms with Gasteiger partial charge in [0.25, 0.3) is 0 Å². The van der Waals surface area contributed by atoms with E-state index in [2.05, 4.69) is 10.6 Å². The minimum absolute atomic E-state index is 0.113. The third-order valence-corrected chi connectivity index (χ3v) is 7.79. The molecule has 0 aromatic carbocycles. The van der Waals surface area contributed by atoms with Gasteiger partial charge in [0, 0.05) is 12.8 Å². The van der Waals surface area contributed by atoms with Crippen LogP contribution in [0.1, 0.15) is 69.5 Å². The first-order chi connectivity index (χ1) is 18.8. The number of allylic oxidation sites excluding steroid dienone is 3. The van der Waals surface area contributed by atoms with E-state index in [-0.39, 0.29) is 54.5 Å².